The molecule has 1 heterocycles. The summed E-state index contributed by atoms with van der Waals surface area (Å²) in [6.07, 6.45) is 2.26. The van der Waals surface area contributed by atoms with E-state index in [9.17, 15) is 0 Å². The smallest absolute Gasteiger partial charge is 0.0323 e. The van der Waals surface area contributed by atoms with Gasteiger partial charge in [-0.05, 0) is 72.5 Å². The highest BCUT2D eigenvalue weighted by atomic mass is 79.9. The molecule has 1 N–H and O–H groups in total. The molecule has 0 saturated heterocycles. The number of hydrogen-bond acceptors (Lipinski definition) is 2. The minimum Gasteiger partial charge on any atom is -0.313 e. The number of benzene rings is 1. The zero-order valence-electron chi connectivity index (χ0n) is 10.7. The van der Waals surface area contributed by atoms with E-state index in [0.717, 1.165) is 17.3 Å². The first-order valence-electron chi connectivity index (χ1n) is 6.15. The van der Waals surface area contributed by atoms with E-state index in [-0.39, 0.29) is 0 Å². The van der Waals surface area contributed by atoms with Gasteiger partial charge in [0, 0.05) is 10.5 Å². The van der Waals surface area contributed by atoms with Gasteiger partial charge >= 0.3 is 0 Å². The lowest BCUT2D eigenvalue weighted by Gasteiger charge is -2.19. The first kappa shape index (κ1) is 13.8. The molecule has 0 saturated carbocycles. The van der Waals surface area contributed by atoms with E-state index in [2.05, 4.69) is 63.2 Å². The molecule has 1 nitrogen and oxygen atoms in total. The Morgan fingerprint density at radius 3 is 2.83 bits per heavy atom. The number of aryl methyl sites for hydroxylation is 2. The van der Waals surface area contributed by atoms with Crippen molar-refractivity contribution in [3.63, 3.8) is 0 Å². The van der Waals surface area contributed by atoms with Crippen molar-refractivity contribution in [2.75, 3.05) is 7.05 Å². The first-order valence-corrected chi connectivity index (χ1v) is 7.88. The van der Waals surface area contributed by atoms with Crippen molar-refractivity contribution in [1.82, 2.24) is 5.32 Å². The summed E-state index contributed by atoms with van der Waals surface area (Å²) in [7, 11) is 2.04. The second-order valence-electron chi connectivity index (χ2n) is 4.51. The van der Waals surface area contributed by atoms with E-state index < -0.39 is 0 Å². The fourth-order valence-electron chi connectivity index (χ4n) is 2.19. The maximum atomic E-state index is 3.56. The van der Waals surface area contributed by atoms with Gasteiger partial charge in [0.2, 0.25) is 0 Å². The maximum absolute atomic E-state index is 3.56. The van der Waals surface area contributed by atoms with Crippen LogP contribution in [0.3, 0.4) is 0 Å². The van der Waals surface area contributed by atoms with Crippen molar-refractivity contribution >= 4 is 27.3 Å². The zero-order valence-corrected chi connectivity index (χ0v) is 13.1. The average molecular weight is 324 g/mol. The highest BCUT2D eigenvalue weighted by Gasteiger charge is 2.12. The molecule has 0 amide bonds. The summed E-state index contributed by atoms with van der Waals surface area (Å²) in [5.41, 5.74) is 4.18. The second kappa shape index (κ2) is 6.50. The molecule has 0 fully saturated rings. The van der Waals surface area contributed by atoms with E-state index in [1.165, 1.54) is 16.7 Å². The van der Waals surface area contributed by atoms with E-state index >= 15 is 0 Å². The number of rotatable bonds is 5. The van der Waals surface area contributed by atoms with Gasteiger partial charge in [0.15, 0.2) is 0 Å². The summed E-state index contributed by atoms with van der Waals surface area (Å²) in [4.78, 5) is 0. The van der Waals surface area contributed by atoms with Crippen LogP contribution in [0.15, 0.2) is 39.5 Å². The Morgan fingerprint density at radius 1 is 1.33 bits per heavy atom. The molecule has 0 aliphatic rings. The molecule has 0 radical (unpaired) electrons. The number of halogens is 1. The summed E-state index contributed by atoms with van der Waals surface area (Å²) >= 11 is 5.33. The van der Waals surface area contributed by atoms with E-state index in [1.807, 2.05) is 7.05 Å². The van der Waals surface area contributed by atoms with Crippen LogP contribution in [0.1, 0.15) is 29.2 Å². The van der Waals surface area contributed by atoms with Gasteiger partial charge in [-0.25, -0.2) is 0 Å². The van der Waals surface area contributed by atoms with Crippen LogP contribution in [0.4, 0.5) is 0 Å². The molecule has 2 aromatic rings. The molecule has 1 unspecified atom stereocenters. The molecule has 1 aromatic heterocycles. The van der Waals surface area contributed by atoms with Crippen LogP contribution in [-0.2, 0) is 6.42 Å². The summed E-state index contributed by atoms with van der Waals surface area (Å²) in [6, 6.07) is 9.14. The SMILES string of the molecule is CNC(CCc1ccsc1)c1cc(Br)ccc1C. The Hall–Kier alpha value is -0.640. The predicted octanol–water partition coefficient (Wildman–Crippen LogP) is 4.71. The van der Waals surface area contributed by atoms with Crippen LogP contribution in [0.2, 0.25) is 0 Å². The summed E-state index contributed by atoms with van der Waals surface area (Å²) in [6.45, 7) is 2.18. The van der Waals surface area contributed by atoms with Gasteiger partial charge in [0.05, 0.1) is 0 Å². The van der Waals surface area contributed by atoms with Gasteiger partial charge in [-0.3, -0.25) is 0 Å². The largest absolute Gasteiger partial charge is 0.313 e. The summed E-state index contributed by atoms with van der Waals surface area (Å²) < 4.78 is 1.15. The van der Waals surface area contributed by atoms with Gasteiger partial charge < -0.3 is 5.32 Å². The van der Waals surface area contributed by atoms with Crippen LogP contribution in [0.5, 0.6) is 0 Å². The molecule has 96 valence electrons. The highest BCUT2D eigenvalue weighted by Crippen LogP contribution is 2.25. The van der Waals surface area contributed by atoms with E-state index in [1.54, 1.807) is 11.3 Å². The zero-order chi connectivity index (χ0) is 13.0. The van der Waals surface area contributed by atoms with Crippen molar-refractivity contribution in [3.05, 3.63) is 56.2 Å². The highest BCUT2D eigenvalue weighted by molar-refractivity contribution is 9.10. The fourth-order valence-corrected chi connectivity index (χ4v) is 3.27. The van der Waals surface area contributed by atoms with Gasteiger partial charge in [0.1, 0.15) is 0 Å². The summed E-state index contributed by atoms with van der Waals surface area (Å²) in [5.74, 6) is 0. The van der Waals surface area contributed by atoms with Gasteiger partial charge in [-0.1, -0.05) is 22.0 Å². The average Bonchev–Trinajstić information content (AvgIpc) is 2.87. The lowest BCUT2D eigenvalue weighted by atomic mass is 9.96. The fraction of sp³-hybridized carbons (Fsp3) is 0.333. The molecular weight excluding hydrogens is 306 g/mol. The molecule has 0 aliphatic carbocycles. The summed E-state index contributed by atoms with van der Waals surface area (Å²) in [5, 5.41) is 7.81. The van der Waals surface area contributed by atoms with Crippen LogP contribution in [-0.4, -0.2) is 7.05 Å². The Kier molecular flexibility index (Phi) is 4.98. The maximum Gasteiger partial charge on any atom is 0.0323 e. The minimum atomic E-state index is 0.419. The predicted molar refractivity (Wildman–Crippen MR) is 83.3 cm³/mol. The third-order valence-electron chi connectivity index (χ3n) is 3.27. The molecule has 0 spiro atoms. The lowest BCUT2D eigenvalue weighted by Crippen LogP contribution is -2.18. The third-order valence-corrected chi connectivity index (χ3v) is 4.49. The Morgan fingerprint density at radius 2 is 2.17 bits per heavy atom. The van der Waals surface area contributed by atoms with E-state index in [4.69, 9.17) is 0 Å². The van der Waals surface area contributed by atoms with Crippen molar-refractivity contribution in [3.8, 4) is 0 Å². The van der Waals surface area contributed by atoms with Crippen LogP contribution in [0, 0.1) is 6.92 Å². The normalized spacial score (nSPS) is 12.6. The molecule has 0 aliphatic heterocycles. The Balaban J connectivity index is 2.10. The van der Waals surface area contributed by atoms with E-state index in [0.29, 0.717) is 6.04 Å². The van der Waals surface area contributed by atoms with Crippen molar-refractivity contribution in [1.29, 1.82) is 0 Å². The quantitative estimate of drug-likeness (QED) is 0.840. The topological polar surface area (TPSA) is 12.0 Å². The number of nitrogens with one attached hydrogen (secondary N) is 1. The standard InChI is InChI=1S/C15H18BrNS/c1-11-3-5-13(16)9-14(11)15(17-2)6-4-12-7-8-18-10-12/h3,5,7-10,15,17H,4,6H2,1-2H3. The Bertz CT molecular complexity index is 493. The van der Waals surface area contributed by atoms with Gasteiger partial charge in [-0.15, -0.1) is 0 Å². The molecule has 1 atom stereocenters. The minimum absolute atomic E-state index is 0.419. The van der Waals surface area contributed by atoms with Crippen LogP contribution in [0.25, 0.3) is 0 Å². The molecule has 2 rings (SSSR count). The van der Waals surface area contributed by atoms with Gasteiger partial charge in [0.25, 0.3) is 0 Å². The van der Waals surface area contributed by atoms with Crippen molar-refractivity contribution < 1.29 is 0 Å². The first-order chi connectivity index (χ1) is 8.70. The van der Waals surface area contributed by atoms with Crippen molar-refractivity contribution in [2.24, 2.45) is 0 Å². The number of thiophene rings is 1. The molecular formula is C15H18BrNS. The molecule has 18 heavy (non-hydrogen) atoms. The molecule has 3 heteroatoms. The monoisotopic (exact) mass is 323 g/mol. The number of hydrogen-bond donors (Lipinski definition) is 1. The van der Waals surface area contributed by atoms with Crippen LogP contribution >= 0.6 is 27.3 Å². The van der Waals surface area contributed by atoms with Crippen LogP contribution < -0.4 is 5.32 Å². The van der Waals surface area contributed by atoms with Crippen molar-refractivity contribution in [2.45, 2.75) is 25.8 Å². The molecule has 1 aromatic carbocycles. The Labute approximate surface area is 121 Å². The second-order valence-corrected chi connectivity index (χ2v) is 6.21. The molecule has 0 bridgehead atoms. The third kappa shape index (κ3) is 3.44. The van der Waals surface area contributed by atoms with Gasteiger partial charge in [-0.2, -0.15) is 11.3 Å². The lowest BCUT2D eigenvalue weighted by molar-refractivity contribution is 0.547.